The van der Waals surface area contributed by atoms with Crippen LogP contribution in [-0.2, 0) is 4.79 Å². The average molecular weight is 262 g/mol. The standard InChI is InChI=1S/C15H22N2O2/c1-15(2)9-11(15)10-17-14(18)7-8-19-13-5-3-12(16)4-6-13/h3-6,11H,7-10,16H2,1-2H3,(H,17,18). The molecule has 104 valence electrons. The summed E-state index contributed by atoms with van der Waals surface area (Å²) in [4.78, 5) is 11.6. The van der Waals surface area contributed by atoms with Crippen molar-refractivity contribution in [3.8, 4) is 5.75 Å². The second-order valence-corrected chi connectivity index (χ2v) is 5.86. The highest BCUT2D eigenvalue weighted by atomic mass is 16.5. The Morgan fingerprint density at radius 3 is 2.63 bits per heavy atom. The van der Waals surface area contributed by atoms with Crippen LogP contribution in [0.1, 0.15) is 26.7 Å². The van der Waals surface area contributed by atoms with Crippen molar-refractivity contribution < 1.29 is 9.53 Å². The van der Waals surface area contributed by atoms with Crippen molar-refractivity contribution >= 4 is 11.6 Å². The smallest absolute Gasteiger partial charge is 0.223 e. The van der Waals surface area contributed by atoms with Crippen LogP contribution in [0.15, 0.2) is 24.3 Å². The minimum Gasteiger partial charge on any atom is -0.493 e. The molecule has 1 aromatic carbocycles. The number of amides is 1. The van der Waals surface area contributed by atoms with E-state index in [9.17, 15) is 4.79 Å². The maximum absolute atomic E-state index is 11.6. The minimum absolute atomic E-state index is 0.0538. The van der Waals surface area contributed by atoms with Gasteiger partial charge in [-0.2, -0.15) is 0 Å². The monoisotopic (exact) mass is 262 g/mol. The highest BCUT2D eigenvalue weighted by Gasteiger charge is 2.45. The largest absolute Gasteiger partial charge is 0.493 e. The molecule has 0 radical (unpaired) electrons. The summed E-state index contributed by atoms with van der Waals surface area (Å²) in [5.41, 5.74) is 6.70. The normalized spacial score (nSPS) is 19.8. The van der Waals surface area contributed by atoms with Crippen molar-refractivity contribution in [1.29, 1.82) is 0 Å². The maximum atomic E-state index is 11.6. The van der Waals surface area contributed by atoms with Gasteiger partial charge in [-0.3, -0.25) is 4.79 Å². The van der Waals surface area contributed by atoms with E-state index in [4.69, 9.17) is 10.5 Å². The van der Waals surface area contributed by atoms with Gasteiger partial charge >= 0.3 is 0 Å². The number of hydrogen-bond acceptors (Lipinski definition) is 3. The first kappa shape index (κ1) is 13.7. The van der Waals surface area contributed by atoms with Gasteiger partial charge in [0.1, 0.15) is 5.75 Å². The lowest BCUT2D eigenvalue weighted by Crippen LogP contribution is -2.27. The minimum atomic E-state index is 0.0538. The molecule has 1 aliphatic carbocycles. The summed E-state index contributed by atoms with van der Waals surface area (Å²) in [6.45, 7) is 5.64. The lowest BCUT2D eigenvalue weighted by atomic mass is 10.1. The summed E-state index contributed by atoms with van der Waals surface area (Å²) < 4.78 is 5.48. The molecule has 1 fully saturated rings. The first-order chi connectivity index (χ1) is 8.97. The van der Waals surface area contributed by atoms with E-state index in [0.29, 0.717) is 30.0 Å². The molecule has 4 nitrogen and oxygen atoms in total. The molecule has 0 aromatic heterocycles. The Morgan fingerprint density at radius 1 is 1.42 bits per heavy atom. The van der Waals surface area contributed by atoms with E-state index in [0.717, 1.165) is 12.3 Å². The predicted octanol–water partition coefficient (Wildman–Crippen LogP) is 2.20. The van der Waals surface area contributed by atoms with Gasteiger partial charge in [0.15, 0.2) is 0 Å². The molecular weight excluding hydrogens is 240 g/mol. The SMILES string of the molecule is CC1(C)CC1CNC(=O)CCOc1ccc(N)cc1. The fourth-order valence-corrected chi connectivity index (χ4v) is 2.08. The van der Waals surface area contributed by atoms with Crippen molar-refractivity contribution in [2.75, 3.05) is 18.9 Å². The number of nitrogen functional groups attached to an aromatic ring is 1. The Kier molecular flexibility index (Phi) is 3.98. The number of rotatable bonds is 6. The van der Waals surface area contributed by atoms with Crippen molar-refractivity contribution in [1.82, 2.24) is 5.32 Å². The van der Waals surface area contributed by atoms with E-state index in [1.807, 2.05) is 0 Å². The number of carbonyl (C=O) groups is 1. The molecule has 0 bridgehead atoms. The van der Waals surface area contributed by atoms with Gasteiger partial charge in [-0.1, -0.05) is 13.8 Å². The number of nitrogens with one attached hydrogen (secondary N) is 1. The molecule has 2 rings (SSSR count). The molecule has 1 amide bonds. The van der Waals surface area contributed by atoms with Crippen molar-refractivity contribution in [2.45, 2.75) is 26.7 Å². The lowest BCUT2D eigenvalue weighted by Gasteiger charge is -2.08. The van der Waals surface area contributed by atoms with Gasteiger partial charge in [0, 0.05) is 12.2 Å². The van der Waals surface area contributed by atoms with Gasteiger partial charge in [0.2, 0.25) is 5.91 Å². The summed E-state index contributed by atoms with van der Waals surface area (Å²) in [5.74, 6) is 1.43. The lowest BCUT2D eigenvalue weighted by molar-refractivity contribution is -0.121. The van der Waals surface area contributed by atoms with Gasteiger partial charge in [-0.15, -0.1) is 0 Å². The quantitative estimate of drug-likeness (QED) is 0.772. The van der Waals surface area contributed by atoms with Gasteiger partial charge in [0.05, 0.1) is 13.0 Å². The molecule has 3 N–H and O–H groups in total. The van der Waals surface area contributed by atoms with Crippen LogP contribution >= 0.6 is 0 Å². The van der Waals surface area contributed by atoms with Crippen LogP contribution in [0, 0.1) is 11.3 Å². The average Bonchev–Trinajstić information content (AvgIpc) is 2.97. The van der Waals surface area contributed by atoms with E-state index >= 15 is 0 Å². The third-order valence-corrected chi connectivity index (χ3v) is 3.74. The molecule has 19 heavy (non-hydrogen) atoms. The highest BCUT2D eigenvalue weighted by molar-refractivity contribution is 5.76. The highest BCUT2D eigenvalue weighted by Crippen LogP contribution is 2.50. The van der Waals surface area contributed by atoms with Crippen LogP contribution in [0.4, 0.5) is 5.69 Å². The number of nitrogens with two attached hydrogens (primary N) is 1. The molecule has 4 heteroatoms. The molecule has 1 atom stereocenters. The van der Waals surface area contributed by atoms with E-state index in [1.54, 1.807) is 24.3 Å². The molecule has 0 saturated heterocycles. The van der Waals surface area contributed by atoms with Crippen LogP contribution < -0.4 is 15.8 Å². The topological polar surface area (TPSA) is 64.3 Å². The van der Waals surface area contributed by atoms with Crippen LogP contribution in [0.25, 0.3) is 0 Å². The predicted molar refractivity (Wildman–Crippen MR) is 75.9 cm³/mol. The molecule has 0 aliphatic heterocycles. The maximum Gasteiger partial charge on any atom is 0.223 e. The summed E-state index contributed by atoms with van der Waals surface area (Å²) in [7, 11) is 0. The zero-order chi connectivity index (χ0) is 13.9. The fourth-order valence-electron chi connectivity index (χ4n) is 2.08. The Bertz CT molecular complexity index is 440. The molecule has 1 saturated carbocycles. The summed E-state index contributed by atoms with van der Waals surface area (Å²) in [6, 6.07) is 7.18. The molecule has 0 heterocycles. The fraction of sp³-hybridized carbons (Fsp3) is 0.533. The number of anilines is 1. The molecule has 1 unspecified atom stereocenters. The van der Waals surface area contributed by atoms with Crippen molar-refractivity contribution in [3.63, 3.8) is 0 Å². The summed E-state index contributed by atoms with van der Waals surface area (Å²) >= 11 is 0. The second-order valence-electron chi connectivity index (χ2n) is 5.86. The van der Waals surface area contributed by atoms with Gasteiger partial charge < -0.3 is 15.8 Å². The molecule has 1 aromatic rings. The van der Waals surface area contributed by atoms with E-state index in [2.05, 4.69) is 19.2 Å². The van der Waals surface area contributed by atoms with Crippen LogP contribution in [0.5, 0.6) is 5.75 Å². The molecular formula is C15H22N2O2. The number of benzene rings is 1. The van der Waals surface area contributed by atoms with Gasteiger partial charge in [-0.05, 0) is 42.0 Å². The van der Waals surface area contributed by atoms with Crippen LogP contribution in [0.2, 0.25) is 0 Å². The first-order valence-electron chi connectivity index (χ1n) is 6.72. The molecule has 1 aliphatic rings. The molecule has 0 spiro atoms. The van der Waals surface area contributed by atoms with Crippen molar-refractivity contribution in [3.05, 3.63) is 24.3 Å². The Labute approximate surface area is 114 Å². The second kappa shape index (κ2) is 5.51. The Balaban J connectivity index is 1.60. The zero-order valence-electron chi connectivity index (χ0n) is 11.6. The number of ether oxygens (including phenoxy) is 1. The van der Waals surface area contributed by atoms with Gasteiger partial charge in [-0.25, -0.2) is 0 Å². The van der Waals surface area contributed by atoms with Gasteiger partial charge in [0.25, 0.3) is 0 Å². The third kappa shape index (κ3) is 4.16. The Hall–Kier alpha value is -1.71. The van der Waals surface area contributed by atoms with E-state index in [-0.39, 0.29) is 5.91 Å². The zero-order valence-corrected chi connectivity index (χ0v) is 11.6. The third-order valence-electron chi connectivity index (χ3n) is 3.74. The van der Waals surface area contributed by atoms with Crippen LogP contribution in [0.3, 0.4) is 0 Å². The Morgan fingerprint density at radius 2 is 2.05 bits per heavy atom. The van der Waals surface area contributed by atoms with Crippen molar-refractivity contribution in [2.24, 2.45) is 11.3 Å². The van der Waals surface area contributed by atoms with E-state index < -0.39 is 0 Å². The summed E-state index contributed by atoms with van der Waals surface area (Å²) in [5, 5.41) is 2.96. The van der Waals surface area contributed by atoms with Crippen LogP contribution in [-0.4, -0.2) is 19.1 Å². The first-order valence-corrected chi connectivity index (χ1v) is 6.72. The van der Waals surface area contributed by atoms with E-state index in [1.165, 1.54) is 6.42 Å². The summed E-state index contributed by atoms with van der Waals surface area (Å²) in [6.07, 6.45) is 1.59. The number of hydrogen-bond donors (Lipinski definition) is 2. The number of carbonyl (C=O) groups excluding carboxylic acids is 1.